The van der Waals surface area contributed by atoms with Crippen molar-refractivity contribution in [2.75, 3.05) is 55.4 Å². The second kappa shape index (κ2) is 9.49. The minimum atomic E-state index is -0.983. The molecule has 10 heteroatoms. The van der Waals surface area contributed by atoms with Crippen molar-refractivity contribution in [1.29, 1.82) is 0 Å². The molecular formula is C22H27N7O2S. The molecule has 4 rings (SSSR count). The molecule has 2 aromatic heterocycles. The van der Waals surface area contributed by atoms with E-state index in [0.29, 0.717) is 23.3 Å². The second-order valence-electron chi connectivity index (χ2n) is 7.90. The summed E-state index contributed by atoms with van der Waals surface area (Å²) in [5.41, 5.74) is 1.66. The van der Waals surface area contributed by atoms with Crippen LogP contribution in [-0.2, 0) is 6.54 Å². The van der Waals surface area contributed by atoms with Crippen LogP contribution in [0.2, 0.25) is 0 Å². The Morgan fingerprint density at radius 1 is 1.16 bits per heavy atom. The Bertz CT molecular complexity index is 1080. The number of hydrogen-bond donors (Lipinski definition) is 2. The highest BCUT2D eigenvalue weighted by atomic mass is 32.1. The summed E-state index contributed by atoms with van der Waals surface area (Å²) in [4.78, 5) is 32.0. The van der Waals surface area contributed by atoms with Crippen LogP contribution in [0.25, 0.3) is 0 Å². The lowest BCUT2D eigenvalue weighted by atomic mass is 10.2. The number of aromatic nitrogens is 3. The molecule has 3 heterocycles. The van der Waals surface area contributed by atoms with Crippen molar-refractivity contribution < 1.29 is 9.90 Å². The van der Waals surface area contributed by atoms with E-state index in [1.807, 2.05) is 31.3 Å². The Morgan fingerprint density at radius 2 is 1.88 bits per heavy atom. The van der Waals surface area contributed by atoms with Gasteiger partial charge in [-0.25, -0.2) is 9.78 Å². The summed E-state index contributed by atoms with van der Waals surface area (Å²) in [7, 11) is 4.12. The van der Waals surface area contributed by atoms with Crippen molar-refractivity contribution in [3.63, 3.8) is 0 Å². The van der Waals surface area contributed by atoms with E-state index in [1.165, 1.54) is 5.56 Å². The fourth-order valence-corrected chi connectivity index (χ4v) is 4.35. The zero-order valence-corrected chi connectivity index (χ0v) is 19.3. The van der Waals surface area contributed by atoms with Gasteiger partial charge in [-0.2, -0.15) is 9.97 Å². The molecule has 0 spiro atoms. The Hall–Kier alpha value is -3.24. The van der Waals surface area contributed by atoms with Crippen molar-refractivity contribution in [3.8, 4) is 0 Å². The highest BCUT2D eigenvalue weighted by Crippen LogP contribution is 2.28. The number of carboxylic acid groups (broad SMARTS) is 1. The van der Waals surface area contributed by atoms with E-state index in [4.69, 9.17) is 9.97 Å². The van der Waals surface area contributed by atoms with Gasteiger partial charge in [-0.1, -0.05) is 41.7 Å². The lowest BCUT2D eigenvalue weighted by Crippen LogP contribution is -2.45. The van der Waals surface area contributed by atoms with Crippen LogP contribution in [0.1, 0.15) is 20.9 Å². The summed E-state index contributed by atoms with van der Waals surface area (Å²) in [6.07, 6.45) is 0. The van der Waals surface area contributed by atoms with Gasteiger partial charge in [-0.3, -0.25) is 5.32 Å². The van der Waals surface area contributed by atoms with Gasteiger partial charge in [0.25, 0.3) is 0 Å². The van der Waals surface area contributed by atoms with Crippen molar-refractivity contribution in [2.24, 2.45) is 0 Å². The third-order valence-corrected chi connectivity index (χ3v) is 6.45. The number of piperazine rings is 1. The molecule has 0 bridgehead atoms. The number of nitrogens with zero attached hydrogens (tertiary/aromatic N) is 6. The predicted molar refractivity (Wildman–Crippen MR) is 127 cm³/mol. The third kappa shape index (κ3) is 5.14. The summed E-state index contributed by atoms with van der Waals surface area (Å²) in [6.45, 7) is 6.10. The van der Waals surface area contributed by atoms with Gasteiger partial charge in [0.2, 0.25) is 5.95 Å². The smallest absolute Gasteiger partial charge is 0.347 e. The first-order valence-electron chi connectivity index (χ1n) is 10.4. The Balaban J connectivity index is 1.63. The van der Waals surface area contributed by atoms with Gasteiger partial charge in [0.15, 0.2) is 5.13 Å². The van der Waals surface area contributed by atoms with Crippen molar-refractivity contribution in [2.45, 2.75) is 13.5 Å². The number of anilines is 4. The number of nitrogens with one attached hydrogen (secondary N) is 1. The SMILES string of the molecule is Cc1nc(Nc2nc(N(C)Cc3ccccc3)cc(N3CCN(C)CC3)n2)sc1C(=O)O. The number of carboxylic acids is 1. The first-order chi connectivity index (χ1) is 15.4. The van der Waals surface area contributed by atoms with Crippen LogP contribution >= 0.6 is 11.3 Å². The molecule has 0 aliphatic carbocycles. The minimum absolute atomic E-state index is 0.212. The Labute approximate surface area is 191 Å². The van der Waals surface area contributed by atoms with Crippen LogP contribution in [0, 0.1) is 6.92 Å². The van der Waals surface area contributed by atoms with Crippen LogP contribution in [0.3, 0.4) is 0 Å². The summed E-state index contributed by atoms with van der Waals surface area (Å²) in [5, 5.41) is 12.9. The average molecular weight is 454 g/mol. The Morgan fingerprint density at radius 3 is 2.53 bits per heavy atom. The van der Waals surface area contributed by atoms with Gasteiger partial charge in [0, 0.05) is 45.8 Å². The summed E-state index contributed by atoms with van der Waals surface area (Å²) < 4.78 is 0. The zero-order chi connectivity index (χ0) is 22.7. The molecule has 0 unspecified atom stereocenters. The molecule has 9 nitrogen and oxygen atoms in total. The van der Waals surface area contributed by atoms with Crippen LogP contribution in [0.15, 0.2) is 36.4 Å². The van der Waals surface area contributed by atoms with Gasteiger partial charge >= 0.3 is 5.97 Å². The first-order valence-corrected chi connectivity index (χ1v) is 11.3. The molecule has 0 radical (unpaired) electrons. The van der Waals surface area contributed by atoms with E-state index in [0.717, 1.165) is 49.2 Å². The van der Waals surface area contributed by atoms with Crippen LogP contribution < -0.4 is 15.1 Å². The van der Waals surface area contributed by atoms with E-state index in [2.05, 4.69) is 44.2 Å². The normalized spacial score (nSPS) is 14.4. The van der Waals surface area contributed by atoms with E-state index in [-0.39, 0.29) is 4.88 Å². The van der Waals surface area contributed by atoms with Crippen molar-refractivity contribution >= 4 is 40.0 Å². The molecule has 0 amide bonds. The predicted octanol–water partition coefficient (Wildman–Crippen LogP) is 3.07. The maximum atomic E-state index is 11.4. The molecule has 2 N–H and O–H groups in total. The van der Waals surface area contributed by atoms with Gasteiger partial charge in [-0.15, -0.1) is 0 Å². The fourth-order valence-electron chi connectivity index (χ4n) is 3.55. The second-order valence-corrected chi connectivity index (χ2v) is 8.90. The molecule has 0 saturated carbocycles. The van der Waals surface area contributed by atoms with E-state index < -0.39 is 5.97 Å². The molecule has 1 saturated heterocycles. The number of likely N-dealkylation sites (N-methyl/N-ethyl adjacent to an activating group) is 1. The number of rotatable bonds is 7. The van der Waals surface area contributed by atoms with E-state index in [1.54, 1.807) is 6.92 Å². The number of thiazole rings is 1. The monoisotopic (exact) mass is 453 g/mol. The molecule has 168 valence electrons. The zero-order valence-electron chi connectivity index (χ0n) is 18.4. The molecule has 3 aromatic rings. The number of aryl methyl sites for hydroxylation is 1. The fraction of sp³-hybridized carbons (Fsp3) is 0.364. The molecule has 1 aromatic carbocycles. The molecule has 1 aliphatic rings. The number of hydrogen-bond acceptors (Lipinski definition) is 9. The molecule has 1 fully saturated rings. The number of aromatic carboxylic acids is 1. The summed E-state index contributed by atoms with van der Waals surface area (Å²) in [6, 6.07) is 12.2. The third-order valence-electron chi connectivity index (χ3n) is 5.39. The lowest BCUT2D eigenvalue weighted by Gasteiger charge is -2.33. The summed E-state index contributed by atoms with van der Waals surface area (Å²) in [5.74, 6) is 1.05. The molecule has 32 heavy (non-hydrogen) atoms. The standard InChI is InChI=1S/C22H27N7O2S/c1-15-19(20(30)31)32-22(23-15)26-21-24-17(28(3)14-16-7-5-4-6-8-16)13-18(25-21)29-11-9-27(2)10-12-29/h4-8,13H,9-12,14H2,1-3H3,(H,30,31)(H,23,24,25,26). The average Bonchev–Trinajstić information content (AvgIpc) is 3.15. The van der Waals surface area contributed by atoms with Crippen molar-refractivity contribution in [1.82, 2.24) is 19.9 Å². The van der Waals surface area contributed by atoms with E-state index in [9.17, 15) is 9.90 Å². The highest BCUT2D eigenvalue weighted by molar-refractivity contribution is 7.17. The molecular weight excluding hydrogens is 426 g/mol. The van der Waals surface area contributed by atoms with Crippen LogP contribution in [0.4, 0.5) is 22.7 Å². The first kappa shape index (κ1) is 22.0. The van der Waals surface area contributed by atoms with E-state index >= 15 is 0 Å². The van der Waals surface area contributed by atoms with Crippen LogP contribution in [-0.4, -0.2) is 71.2 Å². The van der Waals surface area contributed by atoms with Gasteiger partial charge in [0.1, 0.15) is 16.5 Å². The summed E-state index contributed by atoms with van der Waals surface area (Å²) >= 11 is 1.09. The Kier molecular flexibility index (Phi) is 6.52. The van der Waals surface area contributed by atoms with Gasteiger partial charge in [0.05, 0.1) is 5.69 Å². The minimum Gasteiger partial charge on any atom is -0.477 e. The quantitative estimate of drug-likeness (QED) is 0.559. The largest absolute Gasteiger partial charge is 0.477 e. The topological polar surface area (TPSA) is 97.7 Å². The maximum absolute atomic E-state index is 11.4. The van der Waals surface area contributed by atoms with Gasteiger partial charge in [-0.05, 0) is 19.5 Å². The van der Waals surface area contributed by atoms with Gasteiger partial charge < -0.3 is 19.8 Å². The highest BCUT2D eigenvalue weighted by Gasteiger charge is 2.20. The molecule has 1 aliphatic heterocycles. The maximum Gasteiger partial charge on any atom is 0.347 e. The lowest BCUT2D eigenvalue weighted by molar-refractivity contribution is 0.0701. The van der Waals surface area contributed by atoms with Crippen LogP contribution in [0.5, 0.6) is 0 Å². The van der Waals surface area contributed by atoms with Crippen molar-refractivity contribution in [3.05, 3.63) is 52.5 Å². The number of benzene rings is 1. The number of carbonyl (C=O) groups is 1. The molecule has 0 atom stereocenters.